The lowest BCUT2D eigenvalue weighted by Gasteiger charge is -2.15. The van der Waals surface area contributed by atoms with Gasteiger partial charge in [0, 0.05) is 13.2 Å². The molecule has 1 heterocycles. The van der Waals surface area contributed by atoms with E-state index in [1.165, 1.54) is 0 Å². The van der Waals surface area contributed by atoms with E-state index in [1.54, 1.807) is 11.8 Å². The van der Waals surface area contributed by atoms with Crippen LogP contribution in [0.5, 0.6) is 0 Å². The number of urea groups is 1. The molecule has 7 heteroatoms. The smallest absolute Gasteiger partial charge is 0.326 e. The fraction of sp³-hybridized carbons (Fsp3) is 0.833. The van der Waals surface area contributed by atoms with Crippen molar-refractivity contribution < 1.29 is 19.4 Å². The van der Waals surface area contributed by atoms with Crippen LogP contribution in [-0.2, 0) is 9.53 Å². The Morgan fingerprint density at radius 1 is 1.53 bits per heavy atom. The van der Waals surface area contributed by atoms with Gasteiger partial charge in [0.15, 0.2) is 0 Å². The number of nitrogens with one attached hydrogen (secondary N) is 2. The number of aliphatic carboxylic acids is 1. The summed E-state index contributed by atoms with van der Waals surface area (Å²) in [6, 6.07) is -1.25. The molecule has 3 N–H and O–H groups in total. The normalized spacial score (nSPS) is 19.9. The molecular formula is C12H22N2O4S. The summed E-state index contributed by atoms with van der Waals surface area (Å²) in [6.45, 7) is 1.30. The molecule has 1 fully saturated rings. The van der Waals surface area contributed by atoms with Gasteiger partial charge in [0.2, 0.25) is 0 Å². The molecule has 1 aliphatic heterocycles. The van der Waals surface area contributed by atoms with Gasteiger partial charge in [-0.1, -0.05) is 0 Å². The Hall–Kier alpha value is -0.950. The van der Waals surface area contributed by atoms with Crippen molar-refractivity contribution in [2.45, 2.75) is 37.8 Å². The highest BCUT2D eigenvalue weighted by molar-refractivity contribution is 7.98. The number of thioether (sulfide) groups is 1. The van der Waals surface area contributed by atoms with Crippen molar-refractivity contribution in [3.63, 3.8) is 0 Å². The third kappa shape index (κ3) is 6.68. The predicted molar refractivity (Wildman–Crippen MR) is 74.5 cm³/mol. The van der Waals surface area contributed by atoms with Crippen LogP contribution in [0.2, 0.25) is 0 Å². The van der Waals surface area contributed by atoms with Gasteiger partial charge in [0.1, 0.15) is 6.04 Å². The molecule has 0 aliphatic carbocycles. The Balaban J connectivity index is 2.17. The minimum absolute atomic E-state index is 0.229. The summed E-state index contributed by atoms with van der Waals surface area (Å²) in [5.74, 6) is -0.295. The van der Waals surface area contributed by atoms with Crippen LogP contribution in [0.3, 0.4) is 0 Å². The maximum absolute atomic E-state index is 11.6. The summed E-state index contributed by atoms with van der Waals surface area (Å²) < 4.78 is 5.44. The Bertz CT molecular complexity index is 295. The number of hydrogen-bond donors (Lipinski definition) is 3. The first kappa shape index (κ1) is 16.1. The largest absolute Gasteiger partial charge is 0.480 e. The molecule has 19 heavy (non-hydrogen) atoms. The summed E-state index contributed by atoms with van der Waals surface area (Å²) in [5.41, 5.74) is 0. The summed E-state index contributed by atoms with van der Waals surface area (Å²) in [6.07, 6.45) is 5.44. The standard InChI is InChI=1S/C12H22N2O4S/c1-19-8-5-10(11(15)16)14-12(17)13-6-4-9-3-2-7-18-9/h9-10H,2-8H2,1H3,(H,15,16)(H2,13,14,17)/t9?,10-/m0/s1. The average Bonchev–Trinajstić information content (AvgIpc) is 2.87. The lowest BCUT2D eigenvalue weighted by Crippen LogP contribution is -2.46. The van der Waals surface area contributed by atoms with Crippen molar-refractivity contribution in [1.29, 1.82) is 0 Å². The molecule has 0 aromatic carbocycles. The minimum atomic E-state index is -0.997. The molecule has 2 atom stereocenters. The molecule has 0 spiro atoms. The van der Waals surface area contributed by atoms with Crippen molar-refractivity contribution in [2.75, 3.05) is 25.2 Å². The maximum atomic E-state index is 11.6. The highest BCUT2D eigenvalue weighted by Gasteiger charge is 2.19. The molecule has 110 valence electrons. The Morgan fingerprint density at radius 2 is 2.32 bits per heavy atom. The zero-order valence-corrected chi connectivity index (χ0v) is 12.0. The first-order valence-corrected chi connectivity index (χ1v) is 7.90. The first-order chi connectivity index (χ1) is 9.13. The van der Waals surface area contributed by atoms with E-state index in [-0.39, 0.29) is 6.10 Å². The van der Waals surface area contributed by atoms with E-state index in [0.717, 1.165) is 25.9 Å². The molecule has 0 aromatic rings. The van der Waals surface area contributed by atoms with Crippen LogP contribution in [0.15, 0.2) is 0 Å². The summed E-state index contributed by atoms with van der Waals surface area (Å²) >= 11 is 1.56. The molecule has 6 nitrogen and oxygen atoms in total. The highest BCUT2D eigenvalue weighted by atomic mass is 32.2. The number of carbonyl (C=O) groups is 2. The van der Waals surface area contributed by atoms with Crippen molar-refractivity contribution in [3.8, 4) is 0 Å². The van der Waals surface area contributed by atoms with Crippen LogP contribution in [0.25, 0.3) is 0 Å². The molecule has 1 rings (SSSR count). The van der Waals surface area contributed by atoms with Crippen molar-refractivity contribution in [3.05, 3.63) is 0 Å². The average molecular weight is 290 g/mol. The number of carboxylic acids is 1. The number of hydrogen-bond acceptors (Lipinski definition) is 4. The van der Waals surface area contributed by atoms with Crippen LogP contribution < -0.4 is 10.6 Å². The van der Waals surface area contributed by atoms with Crippen LogP contribution >= 0.6 is 11.8 Å². The molecular weight excluding hydrogens is 268 g/mol. The third-order valence-corrected chi connectivity index (χ3v) is 3.63. The molecule has 1 aliphatic rings. The number of carbonyl (C=O) groups excluding carboxylic acids is 1. The number of amides is 2. The van der Waals surface area contributed by atoms with Gasteiger partial charge in [-0.15, -0.1) is 0 Å². The van der Waals surface area contributed by atoms with Gasteiger partial charge < -0.3 is 20.5 Å². The third-order valence-electron chi connectivity index (χ3n) is 2.99. The van der Waals surface area contributed by atoms with Gasteiger partial charge in [-0.05, 0) is 37.7 Å². The maximum Gasteiger partial charge on any atom is 0.326 e. The van der Waals surface area contributed by atoms with Crippen molar-refractivity contribution in [2.24, 2.45) is 0 Å². The molecule has 0 saturated carbocycles. The van der Waals surface area contributed by atoms with E-state index in [1.807, 2.05) is 6.26 Å². The molecule has 0 radical (unpaired) electrons. The molecule has 1 saturated heterocycles. The van der Waals surface area contributed by atoms with E-state index in [4.69, 9.17) is 9.84 Å². The Morgan fingerprint density at radius 3 is 2.89 bits per heavy atom. The molecule has 2 amide bonds. The number of rotatable bonds is 8. The number of carboxylic acid groups (broad SMARTS) is 1. The highest BCUT2D eigenvalue weighted by Crippen LogP contribution is 2.14. The van der Waals surface area contributed by atoms with E-state index in [0.29, 0.717) is 18.7 Å². The quantitative estimate of drug-likeness (QED) is 0.622. The van der Waals surface area contributed by atoms with Gasteiger partial charge in [-0.3, -0.25) is 0 Å². The Kier molecular flexibility index (Phi) is 7.66. The van der Waals surface area contributed by atoms with Crippen LogP contribution in [-0.4, -0.2) is 54.4 Å². The molecule has 0 bridgehead atoms. The van der Waals surface area contributed by atoms with Crippen molar-refractivity contribution in [1.82, 2.24) is 10.6 Å². The zero-order chi connectivity index (χ0) is 14.1. The monoisotopic (exact) mass is 290 g/mol. The van der Waals surface area contributed by atoms with Gasteiger partial charge in [-0.2, -0.15) is 11.8 Å². The minimum Gasteiger partial charge on any atom is -0.480 e. The zero-order valence-electron chi connectivity index (χ0n) is 11.2. The second kappa shape index (κ2) is 9.03. The van der Waals surface area contributed by atoms with Gasteiger partial charge >= 0.3 is 12.0 Å². The lowest BCUT2D eigenvalue weighted by molar-refractivity contribution is -0.139. The van der Waals surface area contributed by atoms with Crippen LogP contribution in [0.1, 0.15) is 25.7 Å². The molecule has 0 aromatic heterocycles. The fourth-order valence-electron chi connectivity index (χ4n) is 1.92. The van der Waals surface area contributed by atoms with E-state index in [9.17, 15) is 9.59 Å². The summed E-state index contributed by atoms with van der Waals surface area (Å²) in [4.78, 5) is 22.5. The second-order valence-electron chi connectivity index (χ2n) is 4.50. The van der Waals surface area contributed by atoms with Gasteiger partial charge in [-0.25, -0.2) is 9.59 Å². The van der Waals surface area contributed by atoms with Gasteiger partial charge in [0.25, 0.3) is 0 Å². The fourth-order valence-corrected chi connectivity index (χ4v) is 2.39. The first-order valence-electron chi connectivity index (χ1n) is 6.51. The van der Waals surface area contributed by atoms with Gasteiger partial charge in [0.05, 0.1) is 6.10 Å². The lowest BCUT2D eigenvalue weighted by atomic mass is 10.2. The van der Waals surface area contributed by atoms with Crippen LogP contribution in [0.4, 0.5) is 4.79 Å². The van der Waals surface area contributed by atoms with E-state index < -0.39 is 18.0 Å². The molecule has 1 unspecified atom stereocenters. The van der Waals surface area contributed by atoms with Crippen molar-refractivity contribution >= 4 is 23.8 Å². The summed E-state index contributed by atoms with van der Waals surface area (Å²) in [7, 11) is 0. The number of ether oxygens (including phenoxy) is 1. The van der Waals surface area contributed by atoms with E-state index >= 15 is 0 Å². The second-order valence-corrected chi connectivity index (χ2v) is 5.48. The van der Waals surface area contributed by atoms with E-state index in [2.05, 4.69) is 10.6 Å². The Labute approximate surface area is 117 Å². The van der Waals surface area contributed by atoms with Crippen LogP contribution in [0, 0.1) is 0 Å². The topological polar surface area (TPSA) is 87.7 Å². The predicted octanol–water partition coefficient (Wildman–Crippen LogP) is 1.06. The SMILES string of the molecule is CSCC[C@H](NC(=O)NCCC1CCCO1)C(=O)O. The summed E-state index contributed by atoms with van der Waals surface area (Å²) in [5, 5.41) is 14.1.